The van der Waals surface area contributed by atoms with Crippen LogP contribution in [0.3, 0.4) is 0 Å². The summed E-state index contributed by atoms with van der Waals surface area (Å²) in [5, 5.41) is 0. The molecule has 3 aromatic rings. The monoisotopic (exact) mass is 508 g/mol. The minimum atomic E-state index is -0.0835. The molecule has 170 valence electrons. The molecule has 0 amide bonds. The van der Waals surface area contributed by atoms with Crippen LogP contribution in [-0.2, 0) is 5.41 Å². The number of unbranched alkanes of at least 4 members (excludes halogenated alkanes) is 8. The maximum atomic E-state index is 3.55. The third-order valence-electron chi connectivity index (χ3n) is 6.62. The van der Waals surface area contributed by atoms with Gasteiger partial charge in [-0.05, 0) is 35.7 Å². The van der Waals surface area contributed by atoms with E-state index < -0.39 is 0 Å². The summed E-state index contributed by atoms with van der Waals surface area (Å²) in [6.07, 6.45) is 14.8. The van der Waals surface area contributed by atoms with Crippen LogP contribution in [-0.4, -0.2) is 6.16 Å². The Morgan fingerprint density at radius 2 is 0.812 bits per heavy atom. The summed E-state index contributed by atoms with van der Waals surface area (Å²) in [7, 11) is 0.945. The predicted octanol–water partition coefficient (Wildman–Crippen LogP) is 9.91. The molecule has 0 aliphatic heterocycles. The molecule has 32 heavy (non-hydrogen) atoms. The summed E-state index contributed by atoms with van der Waals surface area (Å²) >= 11 is 3.55. The molecule has 0 N–H and O–H groups in total. The number of benzene rings is 3. The SMILES string of the molecule is BrPCCCCCCCCCCCC(c1ccccc1)(c1ccccc1)c1ccccc1. The lowest BCUT2D eigenvalue weighted by molar-refractivity contribution is 0.494. The standard InChI is InChI=1S/C30H38BrP/c31-32-26-18-7-5-3-1-2-4-6-17-25-30(27-19-11-8-12-20-27,28-21-13-9-14-22-28)29-23-15-10-16-24-29/h8-16,19-24,32H,1-7,17-18,25-26H2. The van der Waals surface area contributed by atoms with Gasteiger partial charge >= 0.3 is 0 Å². The van der Waals surface area contributed by atoms with Crippen molar-refractivity contribution in [3.63, 3.8) is 0 Å². The van der Waals surface area contributed by atoms with Crippen LogP contribution in [0.4, 0.5) is 0 Å². The fraction of sp³-hybridized carbons (Fsp3) is 0.400. The maximum absolute atomic E-state index is 3.55. The van der Waals surface area contributed by atoms with Gasteiger partial charge in [0.1, 0.15) is 0 Å². The van der Waals surface area contributed by atoms with Gasteiger partial charge in [-0.2, -0.15) is 0 Å². The first-order valence-electron chi connectivity index (χ1n) is 12.4. The first-order valence-corrected chi connectivity index (χ1v) is 15.8. The summed E-state index contributed by atoms with van der Waals surface area (Å²) < 4.78 is 0. The molecule has 3 rings (SSSR count). The van der Waals surface area contributed by atoms with Crippen molar-refractivity contribution in [1.29, 1.82) is 0 Å². The number of hydrogen-bond acceptors (Lipinski definition) is 0. The Balaban J connectivity index is 1.64. The quantitative estimate of drug-likeness (QED) is 0.109. The lowest BCUT2D eigenvalue weighted by Crippen LogP contribution is -2.29. The molecule has 3 aromatic carbocycles. The molecule has 0 spiro atoms. The number of hydrogen-bond donors (Lipinski definition) is 0. The van der Waals surface area contributed by atoms with Crippen LogP contribution in [0.25, 0.3) is 0 Å². The Morgan fingerprint density at radius 3 is 1.19 bits per heavy atom. The second kappa shape index (κ2) is 14.7. The van der Waals surface area contributed by atoms with Crippen molar-refractivity contribution in [2.45, 2.75) is 69.6 Å². The van der Waals surface area contributed by atoms with Crippen LogP contribution in [0.1, 0.15) is 80.9 Å². The third-order valence-corrected chi connectivity index (χ3v) is 8.35. The Morgan fingerprint density at radius 1 is 0.469 bits per heavy atom. The van der Waals surface area contributed by atoms with E-state index in [9.17, 15) is 0 Å². The van der Waals surface area contributed by atoms with E-state index in [-0.39, 0.29) is 5.41 Å². The normalized spacial score (nSPS) is 11.9. The Bertz CT molecular complexity index is 751. The summed E-state index contributed by atoms with van der Waals surface area (Å²) in [6.45, 7) is 0. The van der Waals surface area contributed by atoms with Crippen LogP contribution in [0.5, 0.6) is 0 Å². The molecule has 0 aliphatic rings. The van der Waals surface area contributed by atoms with Gasteiger partial charge in [0.15, 0.2) is 0 Å². The largest absolute Gasteiger partial charge is 0.0642 e. The Kier molecular flexibility index (Phi) is 11.5. The zero-order valence-electron chi connectivity index (χ0n) is 19.3. The summed E-state index contributed by atoms with van der Waals surface area (Å²) in [6, 6.07) is 33.4. The minimum Gasteiger partial charge on any atom is -0.0642 e. The van der Waals surface area contributed by atoms with Crippen molar-refractivity contribution in [2.75, 3.05) is 6.16 Å². The van der Waals surface area contributed by atoms with Gasteiger partial charge in [-0.15, -0.1) is 0 Å². The molecule has 0 heterocycles. The molecule has 0 aromatic heterocycles. The van der Waals surface area contributed by atoms with E-state index >= 15 is 0 Å². The Hall–Kier alpha value is -1.43. The van der Waals surface area contributed by atoms with Gasteiger partial charge in [0, 0.05) is 5.41 Å². The zero-order chi connectivity index (χ0) is 22.3. The molecular formula is C30H38BrP. The summed E-state index contributed by atoms with van der Waals surface area (Å²) in [5.74, 6) is 0. The average molecular weight is 510 g/mol. The van der Waals surface area contributed by atoms with E-state index in [0.29, 0.717) is 0 Å². The van der Waals surface area contributed by atoms with E-state index in [0.717, 1.165) is 13.7 Å². The van der Waals surface area contributed by atoms with Gasteiger partial charge in [0.2, 0.25) is 0 Å². The summed E-state index contributed by atoms with van der Waals surface area (Å²) in [5.41, 5.74) is 4.13. The summed E-state index contributed by atoms with van der Waals surface area (Å²) in [4.78, 5) is 0. The van der Waals surface area contributed by atoms with Crippen LogP contribution < -0.4 is 0 Å². The molecule has 1 unspecified atom stereocenters. The van der Waals surface area contributed by atoms with Crippen molar-refractivity contribution in [2.24, 2.45) is 0 Å². The molecule has 0 bridgehead atoms. The number of rotatable bonds is 15. The van der Waals surface area contributed by atoms with Crippen LogP contribution >= 0.6 is 22.8 Å². The Labute approximate surface area is 205 Å². The molecule has 0 nitrogen and oxygen atoms in total. The highest BCUT2D eigenvalue weighted by molar-refractivity contribution is 9.36. The van der Waals surface area contributed by atoms with E-state index in [1.807, 2.05) is 0 Å². The number of halogens is 1. The van der Waals surface area contributed by atoms with E-state index in [1.54, 1.807) is 0 Å². The van der Waals surface area contributed by atoms with E-state index in [1.165, 1.54) is 80.6 Å². The van der Waals surface area contributed by atoms with Crippen molar-refractivity contribution in [3.8, 4) is 0 Å². The van der Waals surface area contributed by atoms with Gasteiger partial charge in [-0.1, -0.05) is 165 Å². The topological polar surface area (TPSA) is 0 Å². The smallest absolute Gasteiger partial charge is 0.0451 e. The van der Waals surface area contributed by atoms with Crippen LogP contribution in [0.2, 0.25) is 0 Å². The van der Waals surface area contributed by atoms with Gasteiger partial charge in [-0.3, -0.25) is 0 Å². The highest BCUT2D eigenvalue weighted by atomic mass is 79.9. The molecule has 0 saturated heterocycles. The van der Waals surface area contributed by atoms with Gasteiger partial charge in [0.25, 0.3) is 0 Å². The average Bonchev–Trinajstić information content (AvgIpc) is 2.87. The zero-order valence-corrected chi connectivity index (χ0v) is 21.9. The first-order chi connectivity index (χ1) is 15.9. The second-order valence-corrected chi connectivity index (χ2v) is 11.3. The van der Waals surface area contributed by atoms with Gasteiger partial charge in [-0.25, -0.2) is 0 Å². The van der Waals surface area contributed by atoms with Gasteiger partial charge < -0.3 is 0 Å². The van der Waals surface area contributed by atoms with Crippen molar-refractivity contribution >= 4 is 22.8 Å². The molecule has 0 fully saturated rings. The molecule has 0 saturated carbocycles. The fourth-order valence-corrected chi connectivity index (χ4v) is 6.15. The highest BCUT2D eigenvalue weighted by Gasteiger charge is 2.35. The molecular weight excluding hydrogens is 471 g/mol. The van der Waals surface area contributed by atoms with E-state index in [4.69, 9.17) is 0 Å². The molecule has 0 aliphatic carbocycles. The first kappa shape index (κ1) is 25.2. The van der Waals surface area contributed by atoms with E-state index in [2.05, 4.69) is 106 Å². The van der Waals surface area contributed by atoms with Crippen molar-refractivity contribution in [1.82, 2.24) is 0 Å². The molecule has 0 radical (unpaired) electrons. The van der Waals surface area contributed by atoms with Gasteiger partial charge in [0.05, 0.1) is 0 Å². The fourth-order valence-electron chi connectivity index (χ4n) is 4.92. The van der Waals surface area contributed by atoms with Crippen molar-refractivity contribution in [3.05, 3.63) is 108 Å². The van der Waals surface area contributed by atoms with Crippen molar-refractivity contribution < 1.29 is 0 Å². The van der Waals surface area contributed by atoms with Crippen LogP contribution in [0.15, 0.2) is 91.0 Å². The van der Waals surface area contributed by atoms with Crippen LogP contribution in [0, 0.1) is 0 Å². The lowest BCUT2D eigenvalue weighted by atomic mass is 9.66. The highest BCUT2D eigenvalue weighted by Crippen LogP contribution is 2.43. The molecule has 1 atom stereocenters. The molecule has 2 heteroatoms. The second-order valence-electron chi connectivity index (χ2n) is 8.82. The predicted molar refractivity (Wildman–Crippen MR) is 147 cm³/mol. The minimum absolute atomic E-state index is 0.0835. The lowest BCUT2D eigenvalue weighted by Gasteiger charge is -2.36. The third kappa shape index (κ3) is 7.29. The maximum Gasteiger partial charge on any atom is 0.0451 e.